The van der Waals surface area contributed by atoms with Gasteiger partial charge in [-0.05, 0) is 59.7 Å². The molecule has 1 aromatic carbocycles. The molecule has 0 aromatic heterocycles. The fourth-order valence-electron chi connectivity index (χ4n) is 2.04. The number of hydrogen-bond donors (Lipinski definition) is 0. The Bertz CT molecular complexity index is 449. The van der Waals surface area contributed by atoms with Crippen molar-refractivity contribution in [3.8, 4) is 6.07 Å². The molecule has 1 fully saturated rings. The molecule has 1 aliphatic heterocycles. The predicted octanol–water partition coefficient (Wildman–Crippen LogP) is 2.67. The highest BCUT2D eigenvalue weighted by Crippen LogP contribution is 2.18. The van der Waals surface area contributed by atoms with Crippen LogP contribution in [0, 0.1) is 20.8 Å². The summed E-state index contributed by atoms with van der Waals surface area (Å²) in [7, 11) is 0. The van der Waals surface area contributed by atoms with E-state index in [0.717, 1.165) is 23.0 Å². The van der Waals surface area contributed by atoms with Gasteiger partial charge in [0.1, 0.15) is 0 Å². The third-order valence-electron chi connectivity index (χ3n) is 2.98. The molecule has 0 saturated carbocycles. The molecule has 1 aliphatic rings. The zero-order valence-corrected chi connectivity index (χ0v) is 11.6. The van der Waals surface area contributed by atoms with Crippen LogP contribution >= 0.6 is 22.6 Å². The Labute approximate surface area is 115 Å². The summed E-state index contributed by atoms with van der Waals surface area (Å²) in [4.78, 5) is 14.0. The van der Waals surface area contributed by atoms with Gasteiger partial charge in [-0.1, -0.05) is 0 Å². The van der Waals surface area contributed by atoms with Crippen molar-refractivity contribution in [1.29, 1.82) is 5.26 Å². The van der Waals surface area contributed by atoms with Crippen LogP contribution in [-0.4, -0.2) is 23.9 Å². The lowest BCUT2D eigenvalue weighted by molar-refractivity contribution is 0.0699. The fourth-order valence-corrected chi connectivity index (χ4v) is 2.40. The fraction of sp³-hybridized carbons (Fsp3) is 0.385. The predicted molar refractivity (Wildman–Crippen MR) is 73.4 cm³/mol. The van der Waals surface area contributed by atoms with Crippen molar-refractivity contribution in [3.63, 3.8) is 0 Å². The summed E-state index contributed by atoms with van der Waals surface area (Å²) in [6.45, 7) is 1.34. The first-order valence-corrected chi connectivity index (χ1v) is 6.73. The van der Waals surface area contributed by atoms with Gasteiger partial charge in [0.15, 0.2) is 0 Å². The minimum absolute atomic E-state index is 0.00320. The molecule has 88 valence electrons. The van der Waals surface area contributed by atoms with Gasteiger partial charge < -0.3 is 4.90 Å². The number of likely N-dealkylation sites (tertiary alicyclic amines) is 1. The second-order valence-corrected chi connectivity index (χ2v) is 5.47. The molecule has 1 saturated heterocycles. The van der Waals surface area contributed by atoms with Gasteiger partial charge in [0.05, 0.1) is 12.0 Å². The molecule has 0 spiro atoms. The molecule has 1 amide bonds. The molecule has 0 N–H and O–H groups in total. The second-order valence-electron chi connectivity index (χ2n) is 4.23. The van der Waals surface area contributed by atoms with Crippen LogP contribution in [0.25, 0.3) is 0 Å². The van der Waals surface area contributed by atoms with Gasteiger partial charge in [-0.15, -0.1) is 0 Å². The summed E-state index contributed by atoms with van der Waals surface area (Å²) in [5, 5.41) is 8.91. The lowest BCUT2D eigenvalue weighted by Crippen LogP contribution is -2.39. The minimum atomic E-state index is -0.00320. The maximum Gasteiger partial charge on any atom is 0.253 e. The number of nitrogens with zero attached hydrogens (tertiary/aromatic N) is 2. The normalized spacial score (nSPS) is 19.8. The Balaban J connectivity index is 2.09. The summed E-state index contributed by atoms with van der Waals surface area (Å²) in [5.74, 6) is 0.0397. The van der Waals surface area contributed by atoms with Crippen LogP contribution in [0.3, 0.4) is 0 Å². The SMILES string of the molecule is N#CC1CCCN(C(=O)c2ccc(I)cc2)C1. The molecule has 1 aromatic rings. The van der Waals surface area contributed by atoms with Crippen molar-refractivity contribution in [2.45, 2.75) is 12.8 Å². The van der Waals surface area contributed by atoms with Gasteiger partial charge in [0, 0.05) is 22.2 Å². The van der Waals surface area contributed by atoms with Crippen molar-refractivity contribution in [2.24, 2.45) is 5.92 Å². The number of benzene rings is 1. The number of amides is 1. The van der Waals surface area contributed by atoms with Crippen LogP contribution in [0.4, 0.5) is 0 Å². The van der Waals surface area contributed by atoms with E-state index < -0.39 is 0 Å². The minimum Gasteiger partial charge on any atom is -0.337 e. The third kappa shape index (κ3) is 2.97. The van der Waals surface area contributed by atoms with E-state index in [-0.39, 0.29) is 11.8 Å². The number of carbonyl (C=O) groups is 1. The van der Waals surface area contributed by atoms with Crippen molar-refractivity contribution in [1.82, 2.24) is 4.90 Å². The van der Waals surface area contributed by atoms with Crippen LogP contribution in [0.15, 0.2) is 24.3 Å². The van der Waals surface area contributed by atoms with Gasteiger partial charge in [-0.25, -0.2) is 0 Å². The Hall–Kier alpha value is -1.09. The lowest BCUT2D eigenvalue weighted by Gasteiger charge is -2.29. The first kappa shape index (κ1) is 12.4. The number of hydrogen-bond acceptors (Lipinski definition) is 2. The molecule has 4 heteroatoms. The van der Waals surface area contributed by atoms with Gasteiger partial charge in [0.2, 0.25) is 0 Å². The van der Waals surface area contributed by atoms with Crippen molar-refractivity contribution < 1.29 is 4.79 Å². The van der Waals surface area contributed by atoms with Gasteiger partial charge in [0.25, 0.3) is 5.91 Å². The first-order chi connectivity index (χ1) is 8.20. The summed E-state index contributed by atoms with van der Waals surface area (Å²) in [5.41, 5.74) is 0.712. The largest absolute Gasteiger partial charge is 0.337 e. The first-order valence-electron chi connectivity index (χ1n) is 5.65. The van der Waals surface area contributed by atoms with E-state index in [1.165, 1.54) is 0 Å². The van der Waals surface area contributed by atoms with E-state index in [2.05, 4.69) is 28.7 Å². The average Bonchev–Trinajstić information content (AvgIpc) is 2.39. The number of carbonyl (C=O) groups excluding carboxylic acids is 1. The second kappa shape index (κ2) is 5.50. The van der Waals surface area contributed by atoms with Crippen LogP contribution < -0.4 is 0 Å². The third-order valence-corrected chi connectivity index (χ3v) is 3.70. The zero-order chi connectivity index (χ0) is 12.3. The zero-order valence-electron chi connectivity index (χ0n) is 9.40. The number of piperidine rings is 1. The van der Waals surface area contributed by atoms with E-state index >= 15 is 0 Å². The molecule has 0 bridgehead atoms. The van der Waals surface area contributed by atoms with Crippen LogP contribution in [-0.2, 0) is 0 Å². The smallest absolute Gasteiger partial charge is 0.253 e. The van der Waals surface area contributed by atoms with Crippen LogP contribution in [0.1, 0.15) is 23.2 Å². The van der Waals surface area contributed by atoms with E-state index in [1.807, 2.05) is 24.3 Å². The Morgan fingerprint density at radius 1 is 1.41 bits per heavy atom. The molecule has 3 nitrogen and oxygen atoms in total. The highest BCUT2D eigenvalue weighted by atomic mass is 127. The standard InChI is InChI=1S/C13H13IN2O/c14-12-5-3-11(4-6-12)13(17)16-7-1-2-10(8-15)9-16/h3-6,10H,1-2,7,9H2. The highest BCUT2D eigenvalue weighted by molar-refractivity contribution is 14.1. The quantitative estimate of drug-likeness (QED) is 0.738. The Kier molecular flexibility index (Phi) is 4.00. The molecule has 2 rings (SSSR count). The molecular weight excluding hydrogens is 327 g/mol. The van der Waals surface area contributed by atoms with Gasteiger partial charge >= 0.3 is 0 Å². The maximum atomic E-state index is 12.2. The lowest BCUT2D eigenvalue weighted by atomic mass is 9.99. The van der Waals surface area contributed by atoms with Crippen LogP contribution in [0.2, 0.25) is 0 Å². The van der Waals surface area contributed by atoms with Gasteiger partial charge in [-0.3, -0.25) is 4.79 Å². The summed E-state index contributed by atoms with van der Waals surface area (Å²) < 4.78 is 1.12. The molecule has 1 unspecified atom stereocenters. The van der Waals surface area contributed by atoms with Crippen LogP contribution in [0.5, 0.6) is 0 Å². The summed E-state index contributed by atoms with van der Waals surface area (Å²) in [6, 6.07) is 9.81. The Morgan fingerprint density at radius 3 is 2.76 bits per heavy atom. The molecular formula is C13H13IN2O. The topological polar surface area (TPSA) is 44.1 Å². The summed E-state index contributed by atoms with van der Waals surface area (Å²) >= 11 is 2.22. The number of rotatable bonds is 1. The molecule has 0 aliphatic carbocycles. The highest BCUT2D eigenvalue weighted by Gasteiger charge is 2.23. The molecule has 0 radical (unpaired) electrons. The van der Waals surface area contributed by atoms with Crippen molar-refractivity contribution in [2.75, 3.05) is 13.1 Å². The van der Waals surface area contributed by atoms with E-state index in [0.29, 0.717) is 12.1 Å². The average molecular weight is 340 g/mol. The number of nitriles is 1. The van der Waals surface area contributed by atoms with Gasteiger partial charge in [-0.2, -0.15) is 5.26 Å². The van der Waals surface area contributed by atoms with E-state index in [4.69, 9.17) is 5.26 Å². The monoisotopic (exact) mass is 340 g/mol. The Morgan fingerprint density at radius 2 is 2.12 bits per heavy atom. The van der Waals surface area contributed by atoms with Crippen molar-refractivity contribution >= 4 is 28.5 Å². The molecule has 1 heterocycles. The maximum absolute atomic E-state index is 12.2. The van der Waals surface area contributed by atoms with E-state index in [9.17, 15) is 4.79 Å². The van der Waals surface area contributed by atoms with E-state index in [1.54, 1.807) is 4.90 Å². The molecule has 17 heavy (non-hydrogen) atoms. The van der Waals surface area contributed by atoms with Crippen molar-refractivity contribution in [3.05, 3.63) is 33.4 Å². The number of halogens is 1. The molecule has 1 atom stereocenters. The summed E-state index contributed by atoms with van der Waals surface area (Å²) in [6.07, 6.45) is 1.83.